The number of ether oxygens (including phenoxy) is 1. The van der Waals surface area contributed by atoms with Crippen molar-refractivity contribution in [2.24, 2.45) is 9.98 Å². The van der Waals surface area contributed by atoms with E-state index >= 15 is 0 Å². The van der Waals surface area contributed by atoms with Crippen molar-refractivity contribution in [2.75, 3.05) is 17.3 Å². The van der Waals surface area contributed by atoms with E-state index in [0.29, 0.717) is 17.2 Å². The van der Waals surface area contributed by atoms with Crippen LogP contribution in [0.4, 0.5) is 22.9 Å². The first-order valence-corrected chi connectivity index (χ1v) is 14.2. The summed E-state index contributed by atoms with van der Waals surface area (Å²) in [5.74, 6) is 1.65. The largest absolute Gasteiger partial charge is 0.465 e. The number of methoxy groups -OCH3 is 1. The molecule has 7 rings (SSSR count). The topological polar surface area (TPSA) is 84.1 Å². The molecular formula is C33H25BrN6O2. The molecule has 1 N–H and O–H groups in total. The number of nitrogens with zero attached hydrogens (tertiary/aromatic N) is 5. The number of fused-ring (bicyclic) bond motifs is 4. The third kappa shape index (κ3) is 4.38. The molecule has 0 radical (unpaired) electrons. The van der Waals surface area contributed by atoms with Gasteiger partial charge in [0.2, 0.25) is 0 Å². The summed E-state index contributed by atoms with van der Waals surface area (Å²) >= 11 is 3.52. The first-order valence-electron chi connectivity index (χ1n) is 13.4. The first-order chi connectivity index (χ1) is 20.5. The van der Waals surface area contributed by atoms with Crippen LogP contribution < -0.4 is 10.2 Å². The highest BCUT2D eigenvalue weighted by atomic mass is 79.9. The van der Waals surface area contributed by atoms with Crippen LogP contribution in [0.1, 0.15) is 33.2 Å². The minimum Gasteiger partial charge on any atom is -0.465 e. The molecular weight excluding hydrogens is 592 g/mol. The SMILES string of the molecule is COC(=O)c1ccc(C2c3c(C)nn(-c4ccccc4)c3N=C3C(Nc4ccc(Br)cc4)=Nc4ccccc4N32)cc1. The molecule has 0 saturated heterocycles. The smallest absolute Gasteiger partial charge is 0.337 e. The van der Waals surface area contributed by atoms with Crippen LogP contribution in [-0.2, 0) is 4.74 Å². The zero-order chi connectivity index (χ0) is 28.8. The van der Waals surface area contributed by atoms with Crippen LogP contribution in [0.25, 0.3) is 5.69 Å². The molecule has 8 nitrogen and oxygen atoms in total. The van der Waals surface area contributed by atoms with Gasteiger partial charge in [0.1, 0.15) is 0 Å². The third-order valence-electron chi connectivity index (χ3n) is 7.39. The van der Waals surface area contributed by atoms with Gasteiger partial charge in [0.25, 0.3) is 0 Å². The number of carbonyl (C=O) groups is 1. The number of anilines is 2. The number of carbonyl (C=O) groups excluding carboxylic acids is 1. The Hall–Kier alpha value is -5.02. The Labute approximate surface area is 251 Å². The Morgan fingerprint density at radius 2 is 1.60 bits per heavy atom. The fraction of sp³-hybridized carbons (Fsp3) is 0.0909. The van der Waals surface area contributed by atoms with Crippen molar-refractivity contribution < 1.29 is 9.53 Å². The Kier molecular flexibility index (Phi) is 6.43. The third-order valence-corrected chi connectivity index (χ3v) is 7.92. The number of hydrogen-bond acceptors (Lipinski definition) is 7. The second-order valence-corrected chi connectivity index (χ2v) is 10.9. The van der Waals surface area contributed by atoms with Crippen molar-refractivity contribution in [3.8, 4) is 5.69 Å². The highest BCUT2D eigenvalue weighted by molar-refractivity contribution is 9.10. The number of benzene rings is 4. The van der Waals surface area contributed by atoms with Gasteiger partial charge >= 0.3 is 5.97 Å². The predicted molar refractivity (Wildman–Crippen MR) is 169 cm³/mol. The molecule has 1 aromatic heterocycles. The van der Waals surface area contributed by atoms with E-state index in [1.165, 1.54) is 7.11 Å². The lowest BCUT2D eigenvalue weighted by molar-refractivity contribution is 0.0600. The lowest BCUT2D eigenvalue weighted by Gasteiger charge is -2.40. The van der Waals surface area contributed by atoms with Gasteiger partial charge in [-0.05, 0) is 73.2 Å². The summed E-state index contributed by atoms with van der Waals surface area (Å²) < 4.78 is 7.83. The molecule has 9 heteroatoms. The predicted octanol–water partition coefficient (Wildman–Crippen LogP) is 7.53. The zero-order valence-electron chi connectivity index (χ0n) is 22.8. The average Bonchev–Trinajstić information content (AvgIpc) is 3.37. The van der Waals surface area contributed by atoms with Crippen LogP contribution in [0.15, 0.2) is 118 Å². The molecule has 1 unspecified atom stereocenters. The molecule has 0 spiro atoms. The molecule has 42 heavy (non-hydrogen) atoms. The summed E-state index contributed by atoms with van der Waals surface area (Å²) in [7, 11) is 1.39. The minimum atomic E-state index is -0.377. The van der Waals surface area contributed by atoms with Gasteiger partial charge in [0.15, 0.2) is 17.5 Å². The molecule has 206 valence electrons. The molecule has 3 heterocycles. The molecule has 4 aromatic carbocycles. The molecule has 0 aliphatic carbocycles. The van der Waals surface area contributed by atoms with Gasteiger partial charge in [0.05, 0.1) is 41.5 Å². The Bertz CT molecular complexity index is 1880. The number of nitrogens with one attached hydrogen (secondary N) is 1. The maximum atomic E-state index is 12.3. The normalized spacial score (nSPS) is 15.1. The van der Waals surface area contributed by atoms with E-state index < -0.39 is 0 Å². The average molecular weight is 618 g/mol. The summed E-state index contributed by atoms with van der Waals surface area (Å²) in [5, 5.41) is 8.49. The number of aryl methyl sites for hydroxylation is 1. The minimum absolute atomic E-state index is 0.296. The van der Waals surface area contributed by atoms with Crippen LogP contribution in [0.2, 0.25) is 0 Å². The van der Waals surface area contributed by atoms with Crippen molar-refractivity contribution >= 4 is 56.5 Å². The van der Waals surface area contributed by atoms with Crippen molar-refractivity contribution in [2.45, 2.75) is 13.0 Å². The molecule has 0 fully saturated rings. The molecule has 2 aliphatic heterocycles. The Morgan fingerprint density at radius 1 is 0.881 bits per heavy atom. The number of halogens is 1. The Balaban J connectivity index is 1.47. The van der Waals surface area contributed by atoms with E-state index in [1.54, 1.807) is 12.1 Å². The van der Waals surface area contributed by atoms with Crippen molar-refractivity contribution in [3.63, 3.8) is 0 Å². The van der Waals surface area contributed by atoms with Crippen LogP contribution >= 0.6 is 15.9 Å². The first kappa shape index (κ1) is 25.9. The van der Waals surface area contributed by atoms with Crippen LogP contribution in [-0.4, -0.2) is 34.5 Å². The number of hydrogen-bond donors (Lipinski definition) is 1. The van der Waals surface area contributed by atoms with Gasteiger partial charge in [-0.1, -0.05) is 58.4 Å². The molecule has 0 amide bonds. The van der Waals surface area contributed by atoms with Crippen molar-refractivity contribution in [1.82, 2.24) is 9.78 Å². The summed E-state index contributed by atoms with van der Waals surface area (Å²) in [5.41, 5.74) is 6.86. The van der Waals surface area contributed by atoms with Gasteiger partial charge in [-0.25, -0.2) is 19.5 Å². The maximum Gasteiger partial charge on any atom is 0.337 e. The highest BCUT2D eigenvalue weighted by Gasteiger charge is 2.41. The molecule has 0 saturated carbocycles. The molecule has 1 atom stereocenters. The fourth-order valence-electron chi connectivity index (χ4n) is 5.45. The van der Waals surface area contributed by atoms with Crippen LogP contribution in [0.5, 0.6) is 0 Å². The second kappa shape index (κ2) is 10.4. The maximum absolute atomic E-state index is 12.3. The summed E-state index contributed by atoms with van der Waals surface area (Å²) in [6.07, 6.45) is 0. The standard InChI is InChI=1S/C33H25BrN6O2/c1-20-28-29(21-12-14-22(15-13-21)33(41)42-2)39-27-11-7-6-10-26(27)36-30(35-24-18-16-23(34)17-19-24)32(39)37-31(28)40(38-20)25-8-4-3-5-9-25/h3-19,29H,1-2H3,(H,35,36). The Morgan fingerprint density at radius 3 is 2.33 bits per heavy atom. The lowest BCUT2D eigenvalue weighted by Crippen LogP contribution is -2.46. The number of para-hydroxylation sites is 3. The fourth-order valence-corrected chi connectivity index (χ4v) is 5.72. The zero-order valence-corrected chi connectivity index (χ0v) is 24.4. The molecule has 2 aliphatic rings. The van der Waals surface area contributed by atoms with Gasteiger partial charge in [0, 0.05) is 15.7 Å². The van der Waals surface area contributed by atoms with Crippen LogP contribution in [0, 0.1) is 6.92 Å². The van der Waals surface area contributed by atoms with Gasteiger partial charge in [-0.2, -0.15) is 5.10 Å². The van der Waals surface area contributed by atoms with E-state index in [9.17, 15) is 4.79 Å². The van der Waals surface area contributed by atoms with Crippen LogP contribution in [0.3, 0.4) is 0 Å². The summed E-state index contributed by atoms with van der Waals surface area (Å²) in [6.45, 7) is 2.01. The van der Waals surface area contributed by atoms with Crippen molar-refractivity contribution in [1.29, 1.82) is 0 Å². The van der Waals surface area contributed by atoms with E-state index in [2.05, 4.69) is 32.2 Å². The van der Waals surface area contributed by atoms with Gasteiger partial charge in [-0.3, -0.25) is 0 Å². The second-order valence-electron chi connectivity index (χ2n) is 9.97. The summed E-state index contributed by atoms with van der Waals surface area (Å²) in [4.78, 5) is 24.8. The number of esters is 1. The van der Waals surface area contributed by atoms with Gasteiger partial charge in [-0.15, -0.1) is 0 Å². The van der Waals surface area contributed by atoms with Crippen molar-refractivity contribution in [3.05, 3.63) is 130 Å². The van der Waals surface area contributed by atoms with E-state index in [4.69, 9.17) is 19.8 Å². The molecule has 0 bridgehead atoms. The number of aliphatic imine (C=N–C) groups is 2. The molecule has 5 aromatic rings. The van der Waals surface area contributed by atoms with Gasteiger partial charge < -0.3 is 15.0 Å². The van der Waals surface area contributed by atoms with E-state index in [0.717, 1.165) is 49.9 Å². The lowest BCUT2D eigenvalue weighted by atomic mass is 9.92. The number of amidine groups is 2. The van der Waals surface area contributed by atoms with E-state index in [-0.39, 0.29) is 12.0 Å². The monoisotopic (exact) mass is 616 g/mol. The quantitative estimate of drug-likeness (QED) is 0.211. The number of aromatic nitrogens is 2. The van der Waals surface area contributed by atoms with E-state index in [1.807, 2.05) is 96.5 Å². The summed E-state index contributed by atoms with van der Waals surface area (Å²) in [6, 6.07) is 33.2. The highest BCUT2D eigenvalue weighted by Crippen LogP contribution is 2.48. The number of rotatable bonds is 4.